The average Bonchev–Trinajstić information content (AvgIpc) is 2.54. The van der Waals surface area contributed by atoms with Crippen LogP contribution < -0.4 is 10.6 Å². The van der Waals surface area contributed by atoms with Gasteiger partial charge in [0.25, 0.3) is 5.91 Å². The van der Waals surface area contributed by atoms with Gasteiger partial charge in [0.1, 0.15) is 0 Å². The second-order valence-corrected chi connectivity index (χ2v) is 6.28. The summed E-state index contributed by atoms with van der Waals surface area (Å²) in [6, 6.07) is 10.0. The average molecular weight is 297 g/mol. The summed E-state index contributed by atoms with van der Waals surface area (Å²) in [5, 5.41) is 7.42. The van der Waals surface area contributed by atoms with Crippen LogP contribution in [0.3, 0.4) is 0 Å². The molecule has 2 N–H and O–H groups in total. The second kappa shape index (κ2) is 6.44. The third-order valence-electron chi connectivity index (χ3n) is 4.20. The summed E-state index contributed by atoms with van der Waals surface area (Å²) in [6.45, 7) is 6.10. The lowest BCUT2D eigenvalue weighted by Gasteiger charge is -2.24. The Kier molecular flexibility index (Phi) is 4.39. The van der Waals surface area contributed by atoms with E-state index in [2.05, 4.69) is 29.5 Å². The zero-order valence-electron chi connectivity index (χ0n) is 13.2. The van der Waals surface area contributed by atoms with Crippen LogP contribution in [-0.2, 0) is 0 Å². The third kappa shape index (κ3) is 3.12. The Balaban J connectivity index is 1.95. The summed E-state index contributed by atoms with van der Waals surface area (Å²) in [5.41, 5.74) is 2.59. The van der Waals surface area contributed by atoms with Gasteiger partial charge in [-0.1, -0.05) is 32.0 Å². The highest BCUT2D eigenvalue weighted by atomic mass is 16.1. The fourth-order valence-electron chi connectivity index (χ4n) is 2.92. The van der Waals surface area contributed by atoms with Gasteiger partial charge in [-0.05, 0) is 37.4 Å². The molecule has 1 atom stereocenters. The van der Waals surface area contributed by atoms with Gasteiger partial charge in [-0.2, -0.15) is 0 Å². The lowest BCUT2D eigenvalue weighted by Crippen LogP contribution is -2.45. The van der Waals surface area contributed by atoms with Gasteiger partial charge in [-0.25, -0.2) is 0 Å². The van der Waals surface area contributed by atoms with E-state index in [1.807, 2.05) is 30.3 Å². The van der Waals surface area contributed by atoms with Crippen LogP contribution in [0, 0.1) is 0 Å². The van der Waals surface area contributed by atoms with E-state index in [0.29, 0.717) is 5.92 Å². The van der Waals surface area contributed by atoms with Gasteiger partial charge < -0.3 is 10.6 Å². The molecule has 0 saturated carbocycles. The van der Waals surface area contributed by atoms with E-state index in [9.17, 15) is 4.79 Å². The maximum absolute atomic E-state index is 12.7. The zero-order valence-corrected chi connectivity index (χ0v) is 13.2. The first-order chi connectivity index (χ1) is 10.6. The number of piperidine rings is 1. The van der Waals surface area contributed by atoms with Gasteiger partial charge >= 0.3 is 0 Å². The summed E-state index contributed by atoms with van der Waals surface area (Å²) >= 11 is 0. The van der Waals surface area contributed by atoms with Gasteiger partial charge in [0, 0.05) is 23.7 Å². The molecule has 0 radical (unpaired) electrons. The zero-order chi connectivity index (χ0) is 15.5. The molecule has 1 amide bonds. The SMILES string of the molecule is CC(C)c1cc(C(=O)N[C@H]2CCCNC2)c2ccccc2n1. The van der Waals surface area contributed by atoms with Crippen molar-refractivity contribution in [3.8, 4) is 0 Å². The van der Waals surface area contributed by atoms with Crippen LogP contribution in [0.25, 0.3) is 10.9 Å². The molecule has 2 aromatic rings. The summed E-state index contributed by atoms with van der Waals surface area (Å²) < 4.78 is 0. The van der Waals surface area contributed by atoms with Crippen molar-refractivity contribution in [3.05, 3.63) is 41.6 Å². The molecule has 1 aromatic carbocycles. The van der Waals surface area contributed by atoms with Crippen LogP contribution >= 0.6 is 0 Å². The minimum atomic E-state index is 0.00852. The number of benzene rings is 1. The molecule has 1 fully saturated rings. The molecule has 0 spiro atoms. The Labute approximate surface area is 131 Å². The van der Waals surface area contributed by atoms with Gasteiger partial charge in [0.2, 0.25) is 0 Å². The Morgan fingerprint density at radius 1 is 1.36 bits per heavy atom. The maximum Gasteiger partial charge on any atom is 0.252 e. The Morgan fingerprint density at radius 2 is 2.18 bits per heavy atom. The number of fused-ring (bicyclic) bond motifs is 1. The standard InChI is InChI=1S/C18H23N3O/c1-12(2)17-10-15(14-7-3-4-8-16(14)21-17)18(22)20-13-6-5-9-19-11-13/h3-4,7-8,10,12-13,19H,5-6,9,11H2,1-2H3,(H,20,22)/t13-/m0/s1. The van der Waals surface area contributed by atoms with Crippen molar-refractivity contribution in [2.45, 2.75) is 38.6 Å². The van der Waals surface area contributed by atoms with Crippen LogP contribution in [0.2, 0.25) is 0 Å². The molecule has 1 aromatic heterocycles. The highest BCUT2D eigenvalue weighted by Crippen LogP contribution is 2.22. The smallest absolute Gasteiger partial charge is 0.252 e. The number of aromatic nitrogens is 1. The van der Waals surface area contributed by atoms with Gasteiger partial charge in [-0.3, -0.25) is 9.78 Å². The van der Waals surface area contributed by atoms with Crippen molar-refractivity contribution < 1.29 is 4.79 Å². The number of hydrogen-bond acceptors (Lipinski definition) is 3. The molecule has 0 unspecified atom stereocenters. The molecule has 116 valence electrons. The number of rotatable bonds is 3. The predicted octanol–water partition coefficient (Wildman–Crippen LogP) is 2.84. The fraction of sp³-hybridized carbons (Fsp3) is 0.444. The molecule has 3 rings (SSSR count). The van der Waals surface area contributed by atoms with Crippen molar-refractivity contribution in [3.63, 3.8) is 0 Å². The summed E-state index contributed by atoms with van der Waals surface area (Å²) in [5.74, 6) is 0.307. The molecule has 1 aliphatic rings. The Bertz CT molecular complexity index is 675. The first kappa shape index (κ1) is 15.0. The normalized spacial score (nSPS) is 18.6. The molecular formula is C18H23N3O. The number of nitrogens with one attached hydrogen (secondary N) is 2. The van der Waals surface area contributed by atoms with Crippen molar-refractivity contribution in [1.29, 1.82) is 0 Å². The molecule has 1 saturated heterocycles. The summed E-state index contributed by atoms with van der Waals surface area (Å²) in [6.07, 6.45) is 2.15. The molecule has 1 aliphatic heterocycles. The topological polar surface area (TPSA) is 54.0 Å². The number of hydrogen-bond donors (Lipinski definition) is 2. The minimum Gasteiger partial charge on any atom is -0.348 e. The second-order valence-electron chi connectivity index (χ2n) is 6.28. The molecule has 0 bridgehead atoms. The van der Waals surface area contributed by atoms with Crippen LogP contribution in [0.4, 0.5) is 0 Å². The van der Waals surface area contributed by atoms with E-state index < -0.39 is 0 Å². The van der Waals surface area contributed by atoms with E-state index in [1.54, 1.807) is 0 Å². The van der Waals surface area contributed by atoms with Crippen molar-refractivity contribution >= 4 is 16.8 Å². The first-order valence-electron chi connectivity index (χ1n) is 8.06. The highest BCUT2D eigenvalue weighted by molar-refractivity contribution is 6.06. The number of carbonyl (C=O) groups is 1. The van der Waals surface area contributed by atoms with Crippen LogP contribution in [-0.4, -0.2) is 30.0 Å². The number of para-hydroxylation sites is 1. The largest absolute Gasteiger partial charge is 0.348 e. The van der Waals surface area contributed by atoms with E-state index in [4.69, 9.17) is 0 Å². The van der Waals surface area contributed by atoms with Gasteiger partial charge in [0.15, 0.2) is 0 Å². The molecule has 4 nitrogen and oxygen atoms in total. The fourth-order valence-corrected chi connectivity index (χ4v) is 2.92. The number of amides is 1. The quantitative estimate of drug-likeness (QED) is 0.916. The monoisotopic (exact) mass is 297 g/mol. The van der Waals surface area contributed by atoms with E-state index in [1.165, 1.54) is 0 Å². The number of carbonyl (C=O) groups excluding carboxylic acids is 1. The number of nitrogens with zero attached hydrogens (tertiary/aromatic N) is 1. The molecule has 22 heavy (non-hydrogen) atoms. The summed E-state index contributed by atoms with van der Waals surface area (Å²) in [7, 11) is 0. The molecular weight excluding hydrogens is 274 g/mol. The summed E-state index contributed by atoms with van der Waals surface area (Å²) in [4.78, 5) is 17.4. The van der Waals surface area contributed by atoms with Crippen LogP contribution in [0.15, 0.2) is 30.3 Å². The van der Waals surface area contributed by atoms with Crippen molar-refractivity contribution in [2.75, 3.05) is 13.1 Å². The highest BCUT2D eigenvalue weighted by Gasteiger charge is 2.19. The van der Waals surface area contributed by atoms with Crippen molar-refractivity contribution in [2.24, 2.45) is 0 Å². The lowest BCUT2D eigenvalue weighted by molar-refractivity contribution is 0.0932. The Hall–Kier alpha value is -1.94. The molecule has 2 heterocycles. The predicted molar refractivity (Wildman–Crippen MR) is 89.2 cm³/mol. The third-order valence-corrected chi connectivity index (χ3v) is 4.20. The lowest BCUT2D eigenvalue weighted by atomic mass is 10.0. The van der Waals surface area contributed by atoms with E-state index >= 15 is 0 Å². The van der Waals surface area contributed by atoms with Crippen molar-refractivity contribution in [1.82, 2.24) is 15.6 Å². The van der Waals surface area contributed by atoms with Crippen LogP contribution in [0.1, 0.15) is 48.7 Å². The Morgan fingerprint density at radius 3 is 2.91 bits per heavy atom. The van der Waals surface area contributed by atoms with Gasteiger partial charge in [-0.15, -0.1) is 0 Å². The molecule has 4 heteroatoms. The minimum absolute atomic E-state index is 0.00852. The van der Waals surface area contributed by atoms with E-state index in [0.717, 1.165) is 48.1 Å². The first-order valence-corrected chi connectivity index (χ1v) is 8.06. The van der Waals surface area contributed by atoms with Crippen LogP contribution in [0.5, 0.6) is 0 Å². The number of pyridine rings is 1. The molecule has 0 aliphatic carbocycles. The van der Waals surface area contributed by atoms with E-state index in [-0.39, 0.29) is 11.9 Å². The maximum atomic E-state index is 12.7. The van der Waals surface area contributed by atoms with Gasteiger partial charge in [0.05, 0.1) is 11.1 Å².